The third kappa shape index (κ3) is 4.51. The molecule has 1 amide bonds. The van der Waals surface area contributed by atoms with E-state index in [1.165, 1.54) is 12.8 Å². The molecule has 1 saturated heterocycles. The second kappa shape index (κ2) is 10.6. The first-order valence-electron chi connectivity index (χ1n) is 15.9. The van der Waals surface area contributed by atoms with Crippen molar-refractivity contribution in [2.75, 3.05) is 20.8 Å². The Hall–Kier alpha value is -4.34. The maximum absolute atomic E-state index is 13.7. The molecular formula is C36H39N5O4. The molecule has 232 valence electrons. The second-order valence-corrected chi connectivity index (χ2v) is 13.0. The average molecular weight is 606 g/mol. The lowest BCUT2D eigenvalue weighted by Crippen LogP contribution is -2.41. The molecule has 3 N–H and O–H groups in total. The second-order valence-electron chi connectivity index (χ2n) is 13.0. The van der Waals surface area contributed by atoms with Gasteiger partial charge >= 0.3 is 0 Å². The number of fused-ring (bicyclic) bond motifs is 4. The molecular weight excluding hydrogens is 566 g/mol. The lowest BCUT2D eigenvalue weighted by atomic mass is 10.0. The van der Waals surface area contributed by atoms with E-state index in [2.05, 4.69) is 33.4 Å². The number of aromatic nitrogens is 3. The van der Waals surface area contributed by atoms with Crippen molar-refractivity contribution < 1.29 is 19.4 Å². The van der Waals surface area contributed by atoms with Crippen LogP contribution < -0.4 is 15.2 Å². The number of hydrogen-bond acceptors (Lipinski definition) is 6. The van der Waals surface area contributed by atoms with E-state index < -0.39 is 0 Å². The van der Waals surface area contributed by atoms with E-state index in [4.69, 9.17) is 20.2 Å². The number of likely N-dealkylation sites (tertiary alicyclic amines) is 1. The van der Waals surface area contributed by atoms with Crippen LogP contribution in [0, 0.1) is 11.8 Å². The number of piperidine rings is 1. The number of nitrogens with two attached hydrogens (primary N) is 1. The van der Waals surface area contributed by atoms with Gasteiger partial charge in [0.2, 0.25) is 0 Å². The van der Waals surface area contributed by atoms with Crippen LogP contribution >= 0.6 is 0 Å². The number of nitrogens with zero attached hydrogens (tertiary/aromatic N) is 4. The Labute approximate surface area is 262 Å². The fourth-order valence-corrected chi connectivity index (χ4v) is 7.72. The molecule has 3 heterocycles. The van der Waals surface area contributed by atoms with Gasteiger partial charge in [0, 0.05) is 54.3 Å². The van der Waals surface area contributed by atoms with Gasteiger partial charge in [-0.15, -0.1) is 0 Å². The molecule has 0 unspecified atom stereocenters. The van der Waals surface area contributed by atoms with Crippen LogP contribution in [0.15, 0.2) is 54.6 Å². The lowest BCUT2D eigenvalue weighted by molar-refractivity contribution is 0.0700. The summed E-state index contributed by atoms with van der Waals surface area (Å²) in [6, 6.07) is 18.6. The first-order chi connectivity index (χ1) is 21.9. The van der Waals surface area contributed by atoms with Crippen LogP contribution in [0.5, 0.6) is 11.5 Å². The number of amides is 1. The highest BCUT2D eigenvalue weighted by Gasteiger charge is 2.47. The van der Waals surface area contributed by atoms with Gasteiger partial charge < -0.3 is 34.3 Å². The number of hydrogen-bond donors (Lipinski definition) is 2. The molecule has 0 radical (unpaired) electrons. The minimum atomic E-state index is -0.0857. The number of rotatable bonds is 8. The lowest BCUT2D eigenvalue weighted by Gasteiger charge is -2.27. The zero-order chi connectivity index (χ0) is 31.0. The topological polar surface area (TPSA) is 108 Å². The Kier molecular flexibility index (Phi) is 6.65. The summed E-state index contributed by atoms with van der Waals surface area (Å²) in [4.78, 5) is 20.8. The molecule has 9 heteroatoms. The highest BCUT2D eigenvalue weighted by atomic mass is 16.5. The van der Waals surface area contributed by atoms with E-state index in [0.717, 1.165) is 76.1 Å². The van der Waals surface area contributed by atoms with Crippen LogP contribution in [-0.2, 0) is 20.2 Å². The Morgan fingerprint density at radius 1 is 0.978 bits per heavy atom. The molecule has 2 bridgehead atoms. The molecule has 1 aliphatic heterocycles. The van der Waals surface area contributed by atoms with Gasteiger partial charge in [-0.2, -0.15) is 0 Å². The summed E-state index contributed by atoms with van der Waals surface area (Å²) < 4.78 is 15.8. The Bertz CT molecular complexity index is 1970. The van der Waals surface area contributed by atoms with E-state index in [9.17, 15) is 9.90 Å². The summed E-state index contributed by atoms with van der Waals surface area (Å²) in [6.07, 6.45) is 4.52. The first kappa shape index (κ1) is 28.2. The number of ether oxygens (including phenoxy) is 2. The van der Waals surface area contributed by atoms with Crippen LogP contribution in [0.1, 0.15) is 41.6 Å². The molecule has 9 nitrogen and oxygen atoms in total. The van der Waals surface area contributed by atoms with Crippen LogP contribution in [-0.4, -0.2) is 62.9 Å². The minimum absolute atomic E-state index is 0.00307. The SMILES string of the molecule is COc1ccc(-c2ccc3cc(-c4nc5cc(C(=O)N6C[C@H]7CC[C@@H]6[C@@H]7N)cc(OC)c5n4C)n(CC4CC4)c3c2)cc1CO. The number of carbonyl (C=O) groups excluding carboxylic acids is 1. The molecule has 3 aromatic carbocycles. The Morgan fingerprint density at radius 3 is 2.44 bits per heavy atom. The maximum Gasteiger partial charge on any atom is 0.254 e. The van der Waals surface area contributed by atoms with Crippen molar-refractivity contribution in [1.82, 2.24) is 19.0 Å². The number of carbonyl (C=O) groups is 1. The third-order valence-electron chi connectivity index (χ3n) is 10.4. The van der Waals surface area contributed by atoms with Crippen molar-refractivity contribution >= 4 is 27.8 Å². The molecule has 5 aromatic rings. The molecule has 2 aliphatic carbocycles. The monoisotopic (exact) mass is 605 g/mol. The van der Waals surface area contributed by atoms with E-state index in [1.54, 1.807) is 14.2 Å². The van der Waals surface area contributed by atoms with Gasteiger partial charge in [0.05, 0.1) is 32.0 Å². The van der Waals surface area contributed by atoms with Crippen LogP contribution in [0.4, 0.5) is 0 Å². The number of methoxy groups -OCH3 is 2. The molecule has 2 aromatic heterocycles. The number of aliphatic hydroxyl groups is 1. The predicted octanol–water partition coefficient (Wildman–Crippen LogP) is 5.34. The number of aliphatic hydroxyl groups excluding tert-OH is 1. The number of imidazole rings is 1. The van der Waals surface area contributed by atoms with Gasteiger partial charge in [0.1, 0.15) is 17.0 Å². The summed E-state index contributed by atoms with van der Waals surface area (Å²) in [5.41, 5.74) is 13.7. The van der Waals surface area contributed by atoms with Crippen molar-refractivity contribution in [3.8, 4) is 34.1 Å². The van der Waals surface area contributed by atoms with Gasteiger partial charge in [-0.25, -0.2) is 4.98 Å². The third-order valence-corrected chi connectivity index (χ3v) is 10.4. The van der Waals surface area contributed by atoms with Crippen molar-refractivity contribution in [1.29, 1.82) is 0 Å². The minimum Gasteiger partial charge on any atom is -0.496 e. The fourth-order valence-electron chi connectivity index (χ4n) is 7.72. The largest absolute Gasteiger partial charge is 0.496 e. The highest BCUT2D eigenvalue weighted by Crippen LogP contribution is 2.41. The van der Waals surface area contributed by atoms with Gasteiger partial charge in [-0.3, -0.25) is 4.79 Å². The predicted molar refractivity (Wildman–Crippen MR) is 174 cm³/mol. The maximum atomic E-state index is 13.7. The fraction of sp³-hybridized carbons (Fsp3) is 0.389. The Balaban J connectivity index is 1.23. The van der Waals surface area contributed by atoms with Crippen molar-refractivity contribution in [3.63, 3.8) is 0 Å². The van der Waals surface area contributed by atoms with Gasteiger partial charge in [0.15, 0.2) is 5.82 Å². The highest BCUT2D eigenvalue weighted by molar-refractivity contribution is 6.00. The van der Waals surface area contributed by atoms with Crippen molar-refractivity contribution in [2.24, 2.45) is 24.6 Å². The van der Waals surface area contributed by atoms with Gasteiger partial charge in [-0.1, -0.05) is 18.2 Å². The summed E-state index contributed by atoms with van der Waals surface area (Å²) in [7, 11) is 5.29. The average Bonchev–Trinajstić information content (AvgIpc) is 3.47. The summed E-state index contributed by atoms with van der Waals surface area (Å²) in [5.74, 6) is 3.18. The summed E-state index contributed by atoms with van der Waals surface area (Å²) in [5, 5.41) is 11.0. The van der Waals surface area contributed by atoms with E-state index in [-0.39, 0.29) is 24.6 Å². The van der Waals surface area contributed by atoms with E-state index >= 15 is 0 Å². The Morgan fingerprint density at radius 2 is 1.76 bits per heavy atom. The zero-order valence-electron chi connectivity index (χ0n) is 26.0. The molecule has 3 atom stereocenters. The molecule has 3 fully saturated rings. The van der Waals surface area contributed by atoms with Crippen molar-refractivity contribution in [3.05, 3.63) is 65.7 Å². The molecule has 2 saturated carbocycles. The number of aryl methyl sites for hydroxylation is 1. The van der Waals surface area contributed by atoms with Crippen molar-refractivity contribution in [2.45, 2.75) is 50.9 Å². The van der Waals surface area contributed by atoms with Crippen LogP contribution in [0.25, 0.3) is 44.6 Å². The summed E-state index contributed by atoms with van der Waals surface area (Å²) >= 11 is 0. The zero-order valence-corrected chi connectivity index (χ0v) is 26.0. The first-order valence-corrected chi connectivity index (χ1v) is 15.9. The standard InChI is InChI=1S/C36H39N5O4/c1-39-34-27(13-25(16-32(34)45-3)36(43)41-18-24-8-10-28(41)33(24)37)38-35(39)30-15-23-7-6-22(14-29(23)40(30)17-20-4-5-20)21-9-11-31(44-2)26(12-21)19-42/h6-7,9,11-16,20,24,28,33,42H,4-5,8,10,17-19,37H2,1-3H3/t24-,28-,33-/m1/s1. The van der Waals surface area contributed by atoms with Gasteiger partial charge in [-0.05, 0) is 85.0 Å². The quantitative estimate of drug-likeness (QED) is 0.247. The smallest absolute Gasteiger partial charge is 0.254 e. The molecule has 45 heavy (non-hydrogen) atoms. The van der Waals surface area contributed by atoms with Crippen LogP contribution in [0.2, 0.25) is 0 Å². The van der Waals surface area contributed by atoms with Crippen LogP contribution in [0.3, 0.4) is 0 Å². The normalized spacial score (nSPS) is 20.9. The van der Waals surface area contributed by atoms with Gasteiger partial charge in [0.25, 0.3) is 5.91 Å². The molecule has 8 rings (SSSR count). The van der Waals surface area contributed by atoms with E-state index in [1.807, 2.05) is 42.3 Å². The van der Waals surface area contributed by atoms with E-state index in [0.29, 0.717) is 28.9 Å². The molecule has 3 aliphatic rings. The molecule has 0 spiro atoms. The summed E-state index contributed by atoms with van der Waals surface area (Å²) in [6.45, 7) is 1.55. The number of benzene rings is 3.